The summed E-state index contributed by atoms with van der Waals surface area (Å²) in [6.07, 6.45) is 0.493. The van der Waals surface area contributed by atoms with Gasteiger partial charge in [0.25, 0.3) is 0 Å². The van der Waals surface area contributed by atoms with Crippen molar-refractivity contribution in [3.63, 3.8) is 0 Å². The monoisotopic (exact) mass is 290 g/mol. The second-order valence-electron chi connectivity index (χ2n) is 4.91. The predicted octanol–water partition coefficient (Wildman–Crippen LogP) is 2.12. The van der Waals surface area contributed by atoms with Crippen LogP contribution in [0.15, 0.2) is 29.4 Å². The molecule has 0 aliphatic carbocycles. The van der Waals surface area contributed by atoms with Crippen LogP contribution in [0.2, 0.25) is 0 Å². The zero-order valence-electron chi connectivity index (χ0n) is 12.1. The number of ether oxygens (including phenoxy) is 2. The lowest BCUT2D eigenvalue weighted by atomic mass is 10.1. The Morgan fingerprint density at radius 2 is 2.14 bits per heavy atom. The standard InChI is InChI=1S/C14H18N4O3/c1-20-12-5-3-10(4-6-12)8-18-9-11(16-17-15)7-13(18)14(19)21-2/h3-6,11,13H,7-9H2,1-2H3/t11-,13-/m1/s1. The maximum atomic E-state index is 11.8. The minimum Gasteiger partial charge on any atom is -0.497 e. The highest BCUT2D eigenvalue weighted by Crippen LogP contribution is 2.24. The van der Waals surface area contributed by atoms with E-state index < -0.39 is 0 Å². The Bertz CT molecular complexity index is 540. The first-order valence-corrected chi connectivity index (χ1v) is 6.67. The smallest absolute Gasteiger partial charge is 0.323 e. The van der Waals surface area contributed by atoms with Gasteiger partial charge in [-0.3, -0.25) is 9.69 Å². The van der Waals surface area contributed by atoms with Gasteiger partial charge in [0.1, 0.15) is 11.8 Å². The minimum atomic E-state index is -0.368. The Labute approximate surface area is 123 Å². The number of esters is 1. The van der Waals surface area contributed by atoms with Crippen LogP contribution in [0.4, 0.5) is 0 Å². The van der Waals surface area contributed by atoms with Gasteiger partial charge in [-0.15, -0.1) is 0 Å². The molecule has 0 amide bonds. The van der Waals surface area contributed by atoms with Gasteiger partial charge in [-0.1, -0.05) is 17.2 Å². The summed E-state index contributed by atoms with van der Waals surface area (Å²) < 4.78 is 9.95. The summed E-state index contributed by atoms with van der Waals surface area (Å²) in [7, 11) is 2.99. The molecule has 0 bridgehead atoms. The molecule has 2 atom stereocenters. The van der Waals surface area contributed by atoms with Crippen molar-refractivity contribution in [2.75, 3.05) is 20.8 Å². The van der Waals surface area contributed by atoms with Crippen LogP contribution in [0.1, 0.15) is 12.0 Å². The van der Waals surface area contributed by atoms with Crippen LogP contribution in [-0.2, 0) is 16.1 Å². The Kier molecular flexibility index (Phi) is 5.03. The first-order chi connectivity index (χ1) is 10.2. The lowest BCUT2D eigenvalue weighted by Gasteiger charge is -2.22. The Balaban J connectivity index is 2.10. The molecule has 1 fully saturated rings. The summed E-state index contributed by atoms with van der Waals surface area (Å²) in [6.45, 7) is 1.15. The van der Waals surface area contributed by atoms with E-state index in [9.17, 15) is 4.79 Å². The molecule has 0 unspecified atom stereocenters. The fourth-order valence-electron chi connectivity index (χ4n) is 2.56. The lowest BCUT2D eigenvalue weighted by Crippen LogP contribution is -2.36. The molecule has 1 aliphatic heterocycles. The van der Waals surface area contributed by atoms with E-state index >= 15 is 0 Å². The number of hydrogen-bond acceptors (Lipinski definition) is 5. The molecule has 0 radical (unpaired) electrons. The summed E-state index contributed by atoms with van der Waals surface area (Å²) in [4.78, 5) is 16.7. The Morgan fingerprint density at radius 3 is 2.71 bits per heavy atom. The molecule has 0 aromatic heterocycles. The normalized spacial score (nSPS) is 21.6. The molecule has 1 aromatic rings. The second kappa shape index (κ2) is 6.97. The van der Waals surface area contributed by atoms with Gasteiger partial charge in [0, 0.05) is 18.0 Å². The number of nitrogens with zero attached hydrogens (tertiary/aromatic N) is 4. The molecule has 1 aliphatic rings. The summed E-state index contributed by atoms with van der Waals surface area (Å²) in [5.41, 5.74) is 9.61. The zero-order valence-corrected chi connectivity index (χ0v) is 12.1. The van der Waals surface area contributed by atoms with Crippen LogP contribution in [0.25, 0.3) is 10.4 Å². The highest BCUT2D eigenvalue weighted by molar-refractivity contribution is 5.76. The quantitative estimate of drug-likeness (QED) is 0.359. The molecule has 0 N–H and O–H groups in total. The topological polar surface area (TPSA) is 87.5 Å². The molecular formula is C14H18N4O3. The van der Waals surface area contributed by atoms with Gasteiger partial charge in [-0.25, -0.2) is 0 Å². The van der Waals surface area contributed by atoms with Gasteiger partial charge in [0.05, 0.1) is 20.3 Å². The van der Waals surface area contributed by atoms with Crippen molar-refractivity contribution in [3.05, 3.63) is 40.3 Å². The van der Waals surface area contributed by atoms with Crippen molar-refractivity contribution < 1.29 is 14.3 Å². The van der Waals surface area contributed by atoms with Crippen molar-refractivity contribution >= 4 is 5.97 Å². The summed E-state index contributed by atoms with van der Waals surface area (Å²) in [5.74, 6) is 0.496. The SMILES string of the molecule is COC(=O)[C@H]1C[C@@H](N=[N+]=[N-])CN1Cc1ccc(OC)cc1. The lowest BCUT2D eigenvalue weighted by molar-refractivity contribution is -0.146. The largest absolute Gasteiger partial charge is 0.497 e. The third-order valence-corrected chi connectivity index (χ3v) is 3.61. The second-order valence-corrected chi connectivity index (χ2v) is 4.91. The van der Waals surface area contributed by atoms with Crippen molar-refractivity contribution in [2.45, 2.75) is 25.0 Å². The first-order valence-electron chi connectivity index (χ1n) is 6.67. The summed E-state index contributed by atoms with van der Waals surface area (Å²) in [5, 5.41) is 3.72. The van der Waals surface area contributed by atoms with Gasteiger partial charge in [0.2, 0.25) is 0 Å². The maximum absolute atomic E-state index is 11.8. The van der Waals surface area contributed by atoms with E-state index in [0.717, 1.165) is 11.3 Å². The van der Waals surface area contributed by atoms with Gasteiger partial charge < -0.3 is 9.47 Å². The number of hydrogen-bond donors (Lipinski definition) is 0. The van der Waals surface area contributed by atoms with E-state index in [2.05, 4.69) is 10.0 Å². The number of carbonyl (C=O) groups is 1. The molecule has 0 spiro atoms. The molecule has 1 heterocycles. The van der Waals surface area contributed by atoms with E-state index in [1.807, 2.05) is 29.2 Å². The minimum absolute atomic E-state index is 0.197. The van der Waals surface area contributed by atoms with E-state index in [1.54, 1.807) is 7.11 Å². The molecule has 1 saturated heterocycles. The Hall–Kier alpha value is -2.24. The molecule has 7 nitrogen and oxygen atoms in total. The number of carbonyl (C=O) groups excluding carboxylic acids is 1. The van der Waals surface area contributed by atoms with Crippen LogP contribution in [0.3, 0.4) is 0 Å². The van der Waals surface area contributed by atoms with E-state index in [4.69, 9.17) is 15.0 Å². The van der Waals surface area contributed by atoms with E-state index in [1.165, 1.54) is 7.11 Å². The van der Waals surface area contributed by atoms with Crippen molar-refractivity contribution in [3.8, 4) is 5.75 Å². The average molecular weight is 290 g/mol. The molecule has 21 heavy (non-hydrogen) atoms. The van der Waals surface area contributed by atoms with Gasteiger partial charge in [-0.05, 0) is 29.6 Å². The van der Waals surface area contributed by atoms with Crippen LogP contribution >= 0.6 is 0 Å². The first kappa shape index (κ1) is 15.2. The Morgan fingerprint density at radius 1 is 1.43 bits per heavy atom. The third-order valence-electron chi connectivity index (χ3n) is 3.61. The summed E-state index contributed by atoms with van der Waals surface area (Å²) in [6, 6.07) is 7.10. The maximum Gasteiger partial charge on any atom is 0.323 e. The molecule has 7 heteroatoms. The van der Waals surface area contributed by atoms with Crippen LogP contribution in [-0.4, -0.2) is 43.7 Å². The predicted molar refractivity (Wildman–Crippen MR) is 76.8 cm³/mol. The highest BCUT2D eigenvalue weighted by Gasteiger charge is 2.36. The molecule has 2 rings (SSSR count). The van der Waals surface area contributed by atoms with E-state index in [-0.39, 0.29) is 18.1 Å². The number of rotatable bonds is 5. The summed E-state index contributed by atoms with van der Waals surface area (Å²) >= 11 is 0. The van der Waals surface area contributed by atoms with E-state index in [0.29, 0.717) is 19.5 Å². The molecule has 1 aromatic carbocycles. The van der Waals surface area contributed by atoms with Gasteiger partial charge >= 0.3 is 5.97 Å². The van der Waals surface area contributed by atoms with Gasteiger partial charge in [0.15, 0.2) is 0 Å². The highest BCUT2D eigenvalue weighted by atomic mass is 16.5. The van der Waals surface area contributed by atoms with Crippen molar-refractivity contribution in [1.29, 1.82) is 0 Å². The number of methoxy groups -OCH3 is 2. The fourth-order valence-corrected chi connectivity index (χ4v) is 2.56. The average Bonchev–Trinajstić information content (AvgIpc) is 2.90. The molecular weight excluding hydrogens is 272 g/mol. The van der Waals surface area contributed by atoms with Crippen LogP contribution in [0.5, 0.6) is 5.75 Å². The van der Waals surface area contributed by atoms with Crippen LogP contribution in [0, 0.1) is 0 Å². The fraction of sp³-hybridized carbons (Fsp3) is 0.500. The number of benzene rings is 1. The van der Waals surface area contributed by atoms with Crippen molar-refractivity contribution in [2.24, 2.45) is 5.11 Å². The zero-order chi connectivity index (χ0) is 15.2. The van der Waals surface area contributed by atoms with Crippen LogP contribution < -0.4 is 4.74 Å². The van der Waals surface area contributed by atoms with Crippen molar-refractivity contribution in [1.82, 2.24) is 4.90 Å². The number of azide groups is 1. The molecule has 112 valence electrons. The third kappa shape index (κ3) is 3.65. The molecule has 0 saturated carbocycles. The number of likely N-dealkylation sites (tertiary alicyclic amines) is 1. The van der Waals surface area contributed by atoms with Gasteiger partial charge in [-0.2, -0.15) is 0 Å².